The van der Waals surface area contributed by atoms with E-state index in [1.165, 1.54) is 0 Å². The maximum atomic E-state index is 12.5. The first-order valence-corrected chi connectivity index (χ1v) is 7.42. The zero-order valence-corrected chi connectivity index (χ0v) is 12.6. The number of carbonyl (C=O) groups excluding carboxylic acids is 1. The van der Waals surface area contributed by atoms with E-state index in [2.05, 4.69) is 0 Å². The van der Waals surface area contributed by atoms with Gasteiger partial charge in [0.15, 0.2) is 5.78 Å². The summed E-state index contributed by atoms with van der Waals surface area (Å²) in [6, 6.07) is 21.8. The molecule has 0 aliphatic heterocycles. The molecule has 0 heterocycles. The summed E-state index contributed by atoms with van der Waals surface area (Å²) < 4.78 is 5.15. The third-order valence-corrected chi connectivity index (χ3v) is 3.89. The minimum atomic E-state index is 0.188. The number of ether oxygens (including phenoxy) is 1. The van der Waals surface area contributed by atoms with Gasteiger partial charge in [-0.05, 0) is 34.9 Å². The Morgan fingerprint density at radius 2 is 1.64 bits per heavy atom. The van der Waals surface area contributed by atoms with E-state index in [9.17, 15) is 4.79 Å². The van der Waals surface area contributed by atoms with Crippen molar-refractivity contribution >= 4 is 16.6 Å². The highest BCUT2D eigenvalue weighted by Gasteiger charge is 2.09. The summed E-state index contributed by atoms with van der Waals surface area (Å²) in [5, 5.41) is 2.14. The van der Waals surface area contributed by atoms with Gasteiger partial charge in [0.25, 0.3) is 0 Å². The Morgan fingerprint density at radius 3 is 2.41 bits per heavy atom. The number of Topliss-reactive ketones (excluding diaryl/α,β-unsaturated/α-hetero) is 1. The SMILES string of the molecule is COc1ccc(CCC(=O)c2cccc3ccccc23)cc1. The van der Waals surface area contributed by atoms with Gasteiger partial charge in [-0.2, -0.15) is 0 Å². The van der Waals surface area contributed by atoms with Crippen LogP contribution in [0.4, 0.5) is 0 Å². The molecule has 2 heteroatoms. The molecule has 3 aromatic carbocycles. The van der Waals surface area contributed by atoms with E-state index >= 15 is 0 Å². The lowest BCUT2D eigenvalue weighted by Crippen LogP contribution is -2.02. The van der Waals surface area contributed by atoms with E-state index in [-0.39, 0.29) is 5.78 Å². The highest BCUT2D eigenvalue weighted by Crippen LogP contribution is 2.21. The molecule has 0 saturated carbocycles. The van der Waals surface area contributed by atoms with Crippen molar-refractivity contribution in [2.45, 2.75) is 12.8 Å². The minimum Gasteiger partial charge on any atom is -0.497 e. The smallest absolute Gasteiger partial charge is 0.163 e. The fourth-order valence-corrected chi connectivity index (χ4v) is 2.65. The lowest BCUT2D eigenvalue weighted by Gasteiger charge is -2.06. The van der Waals surface area contributed by atoms with Gasteiger partial charge in [0.2, 0.25) is 0 Å². The summed E-state index contributed by atoms with van der Waals surface area (Å²) in [5.41, 5.74) is 1.96. The molecule has 0 amide bonds. The van der Waals surface area contributed by atoms with Gasteiger partial charge in [-0.25, -0.2) is 0 Å². The van der Waals surface area contributed by atoms with Gasteiger partial charge < -0.3 is 4.74 Å². The normalized spacial score (nSPS) is 10.6. The standard InChI is InChI=1S/C20H18O2/c1-22-17-12-9-15(10-13-17)11-14-20(21)19-8-4-6-16-5-2-3-7-18(16)19/h2-10,12-13H,11,14H2,1H3. The van der Waals surface area contributed by atoms with E-state index < -0.39 is 0 Å². The van der Waals surface area contributed by atoms with Crippen molar-refractivity contribution in [2.75, 3.05) is 7.11 Å². The number of fused-ring (bicyclic) bond motifs is 1. The molecular formula is C20H18O2. The van der Waals surface area contributed by atoms with Gasteiger partial charge in [-0.3, -0.25) is 4.79 Å². The summed E-state index contributed by atoms with van der Waals surface area (Å²) in [4.78, 5) is 12.5. The van der Waals surface area contributed by atoms with Crippen LogP contribution < -0.4 is 4.74 Å². The van der Waals surface area contributed by atoms with Crippen molar-refractivity contribution in [1.82, 2.24) is 0 Å². The van der Waals surface area contributed by atoms with Gasteiger partial charge >= 0.3 is 0 Å². The summed E-state index contributed by atoms with van der Waals surface area (Å²) in [6.07, 6.45) is 1.26. The van der Waals surface area contributed by atoms with Crippen LogP contribution in [0, 0.1) is 0 Å². The maximum Gasteiger partial charge on any atom is 0.163 e. The molecule has 0 aliphatic rings. The first-order valence-electron chi connectivity index (χ1n) is 7.42. The molecule has 0 aromatic heterocycles. The van der Waals surface area contributed by atoms with Crippen LogP contribution in [0.3, 0.4) is 0 Å². The predicted octanol–water partition coefficient (Wildman–Crippen LogP) is 4.66. The Bertz CT molecular complexity index is 783. The van der Waals surface area contributed by atoms with Crippen molar-refractivity contribution in [2.24, 2.45) is 0 Å². The van der Waals surface area contributed by atoms with Crippen LogP contribution in [0.2, 0.25) is 0 Å². The summed E-state index contributed by atoms with van der Waals surface area (Å²) in [5.74, 6) is 1.02. The number of benzene rings is 3. The van der Waals surface area contributed by atoms with Gasteiger partial charge in [0, 0.05) is 12.0 Å². The fraction of sp³-hybridized carbons (Fsp3) is 0.150. The van der Waals surface area contributed by atoms with Crippen LogP contribution in [0.1, 0.15) is 22.3 Å². The van der Waals surface area contributed by atoms with E-state index in [0.29, 0.717) is 6.42 Å². The molecule has 0 spiro atoms. The molecule has 22 heavy (non-hydrogen) atoms. The zero-order valence-electron chi connectivity index (χ0n) is 12.6. The van der Waals surface area contributed by atoms with Gasteiger partial charge in [0.05, 0.1) is 7.11 Å². The molecule has 2 nitrogen and oxygen atoms in total. The minimum absolute atomic E-state index is 0.188. The molecule has 0 saturated heterocycles. The highest BCUT2D eigenvalue weighted by atomic mass is 16.5. The molecule has 3 rings (SSSR count). The zero-order chi connectivity index (χ0) is 15.4. The monoisotopic (exact) mass is 290 g/mol. The van der Waals surface area contributed by atoms with E-state index in [0.717, 1.165) is 34.1 Å². The Labute approximate surface area is 130 Å². The number of hydrogen-bond donors (Lipinski definition) is 0. The van der Waals surface area contributed by atoms with E-state index in [1.54, 1.807) is 7.11 Å². The Morgan fingerprint density at radius 1 is 0.909 bits per heavy atom. The number of rotatable bonds is 5. The number of methoxy groups -OCH3 is 1. The summed E-state index contributed by atoms with van der Waals surface area (Å²) in [6.45, 7) is 0. The van der Waals surface area contributed by atoms with Crippen LogP contribution in [0.15, 0.2) is 66.7 Å². The first kappa shape index (κ1) is 14.3. The fourth-order valence-electron chi connectivity index (χ4n) is 2.65. The Balaban J connectivity index is 1.75. The topological polar surface area (TPSA) is 26.3 Å². The molecule has 0 radical (unpaired) electrons. The largest absolute Gasteiger partial charge is 0.497 e. The van der Waals surface area contributed by atoms with Gasteiger partial charge in [0.1, 0.15) is 5.75 Å². The third kappa shape index (κ3) is 3.01. The number of hydrogen-bond acceptors (Lipinski definition) is 2. The molecule has 0 bridgehead atoms. The lowest BCUT2D eigenvalue weighted by molar-refractivity contribution is 0.0984. The summed E-state index contributed by atoms with van der Waals surface area (Å²) in [7, 11) is 1.65. The first-order chi connectivity index (χ1) is 10.8. The van der Waals surface area contributed by atoms with Crippen molar-refractivity contribution < 1.29 is 9.53 Å². The highest BCUT2D eigenvalue weighted by molar-refractivity contribution is 6.08. The third-order valence-electron chi connectivity index (χ3n) is 3.89. The number of aryl methyl sites for hydroxylation is 1. The second-order valence-corrected chi connectivity index (χ2v) is 5.30. The van der Waals surface area contributed by atoms with Crippen molar-refractivity contribution in [3.63, 3.8) is 0 Å². The van der Waals surface area contributed by atoms with Crippen LogP contribution in [-0.4, -0.2) is 12.9 Å². The second kappa shape index (κ2) is 6.44. The molecule has 0 fully saturated rings. The summed E-state index contributed by atoms with van der Waals surface area (Å²) >= 11 is 0. The number of ketones is 1. The van der Waals surface area contributed by atoms with Gasteiger partial charge in [-0.15, -0.1) is 0 Å². The molecule has 0 aliphatic carbocycles. The quantitative estimate of drug-likeness (QED) is 0.639. The average Bonchev–Trinajstić information content (AvgIpc) is 2.59. The molecule has 0 atom stereocenters. The average molecular weight is 290 g/mol. The van der Waals surface area contributed by atoms with E-state index in [4.69, 9.17) is 4.74 Å². The van der Waals surface area contributed by atoms with Crippen molar-refractivity contribution in [3.8, 4) is 5.75 Å². The predicted molar refractivity (Wildman–Crippen MR) is 89.6 cm³/mol. The van der Waals surface area contributed by atoms with Crippen LogP contribution in [-0.2, 0) is 6.42 Å². The van der Waals surface area contributed by atoms with Crippen LogP contribution in [0.5, 0.6) is 5.75 Å². The van der Waals surface area contributed by atoms with Crippen LogP contribution in [0.25, 0.3) is 10.8 Å². The van der Waals surface area contributed by atoms with Crippen molar-refractivity contribution in [1.29, 1.82) is 0 Å². The second-order valence-electron chi connectivity index (χ2n) is 5.30. The van der Waals surface area contributed by atoms with E-state index in [1.807, 2.05) is 66.7 Å². The molecule has 0 unspecified atom stereocenters. The van der Waals surface area contributed by atoms with Crippen LogP contribution >= 0.6 is 0 Å². The molecular weight excluding hydrogens is 272 g/mol. The van der Waals surface area contributed by atoms with Crippen molar-refractivity contribution in [3.05, 3.63) is 77.9 Å². The molecule has 0 N–H and O–H groups in total. The molecule has 3 aromatic rings. The Kier molecular flexibility index (Phi) is 4.19. The number of carbonyl (C=O) groups is 1. The van der Waals surface area contributed by atoms with Gasteiger partial charge in [-0.1, -0.05) is 54.6 Å². The molecule has 110 valence electrons. The lowest BCUT2D eigenvalue weighted by atomic mass is 9.97. The maximum absolute atomic E-state index is 12.5. The Hall–Kier alpha value is -2.61.